The number of benzene rings is 1. The average molecular weight is 283 g/mol. The molecular formula is C14H19BrO. The minimum absolute atomic E-state index is 0.0893. The van der Waals surface area contributed by atoms with E-state index in [2.05, 4.69) is 35.0 Å². The van der Waals surface area contributed by atoms with E-state index in [-0.39, 0.29) is 16.0 Å². The predicted octanol–water partition coefficient (Wildman–Crippen LogP) is 3.92. The van der Waals surface area contributed by atoms with Crippen LogP contribution in [-0.4, -0.2) is 10.6 Å². The van der Waals surface area contributed by atoms with Crippen molar-refractivity contribution in [1.29, 1.82) is 0 Å². The van der Waals surface area contributed by atoms with Gasteiger partial charge < -0.3 is 0 Å². The minimum Gasteiger partial charge on any atom is -0.298 e. The van der Waals surface area contributed by atoms with Gasteiger partial charge in [0.2, 0.25) is 0 Å². The number of halogens is 1. The summed E-state index contributed by atoms with van der Waals surface area (Å²) in [7, 11) is 0. The highest BCUT2D eigenvalue weighted by molar-refractivity contribution is 9.10. The van der Waals surface area contributed by atoms with E-state index in [0.29, 0.717) is 0 Å². The number of carbonyl (C=O) groups excluding carboxylic acids is 1. The molecule has 0 aliphatic rings. The van der Waals surface area contributed by atoms with Gasteiger partial charge in [-0.2, -0.15) is 0 Å². The lowest BCUT2D eigenvalue weighted by Crippen LogP contribution is -2.30. The highest BCUT2D eigenvalue weighted by atomic mass is 79.9. The average Bonchev–Trinajstić information content (AvgIpc) is 2.19. The van der Waals surface area contributed by atoms with E-state index in [1.54, 1.807) is 0 Å². The van der Waals surface area contributed by atoms with E-state index in [1.807, 2.05) is 32.9 Å². The van der Waals surface area contributed by atoms with Crippen molar-refractivity contribution in [3.05, 3.63) is 35.4 Å². The normalized spacial score (nSPS) is 13.6. The van der Waals surface area contributed by atoms with Crippen LogP contribution in [0.1, 0.15) is 31.9 Å². The fourth-order valence-electron chi connectivity index (χ4n) is 1.59. The van der Waals surface area contributed by atoms with Crippen molar-refractivity contribution in [3.63, 3.8) is 0 Å². The fourth-order valence-corrected chi connectivity index (χ4v) is 2.63. The quantitative estimate of drug-likeness (QED) is 0.768. The summed E-state index contributed by atoms with van der Waals surface area (Å²) in [6.07, 6.45) is 0.767. The Balaban J connectivity index is 2.76. The number of Topliss-reactive ketones (excluding diaryl/α,β-unsaturated/α-hetero) is 1. The molecule has 0 amide bonds. The van der Waals surface area contributed by atoms with Crippen molar-refractivity contribution in [2.24, 2.45) is 5.41 Å². The van der Waals surface area contributed by atoms with Gasteiger partial charge in [-0.25, -0.2) is 0 Å². The number of rotatable bonds is 3. The lowest BCUT2D eigenvalue weighted by Gasteiger charge is -2.21. The molecule has 1 nitrogen and oxygen atoms in total. The molecule has 1 aromatic rings. The minimum atomic E-state index is -0.281. The van der Waals surface area contributed by atoms with Crippen LogP contribution in [0.15, 0.2) is 24.3 Å². The molecule has 0 heterocycles. The van der Waals surface area contributed by atoms with Gasteiger partial charge in [0.25, 0.3) is 0 Å². The Morgan fingerprint density at radius 3 is 2.38 bits per heavy atom. The van der Waals surface area contributed by atoms with Crippen LogP contribution in [0.2, 0.25) is 0 Å². The summed E-state index contributed by atoms with van der Waals surface area (Å²) in [5, 5.41) is 0. The standard InChI is InChI=1S/C14H19BrO/c1-10-7-5-6-8-11(10)9-12(15)13(16)14(2,3)4/h5-8,12H,9H2,1-4H3. The van der Waals surface area contributed by atoms with Crippen LogP contribution in [0.4, 0.5) is 0 Å². The largest absolute Gasteiger partial charge is 0.298 e. The zero-order valence-electron chi connectivity index (χ0n) is 10.4. The number of ketones is 1. The molecule has 16 heavy (non-hydrogen) atoms. The molecule has 1 aromatic carbocycles. The van der Waals surface area contributed by atoms with E-state index in [4.69, 9.17) is 0 Å². The fraction of sp³-hybridized carbons (Fsp3) is 0.500. The molecule has 0 aromatic heterocycles. The van der Waals surface area contributed by atoms with Gasteiger partial charge in [-0.3, -0.25) is 4.79 Å². The van der Waals surface area contributed by atoms with Gasteiger partial charge in [0.1, 0.15) is 0 Å². The maximum atomic E-state index is 12.0. The number of hydrogen-bond acceptors (Lipinski definition) is 1. The number of carbonyl (C=O) groups is 1. The van der Waals surface area contributed by atoms with Gasteiger partial charge in [0.05, 0.1) is 4.83 Å². The van der Waals surface area contributed by atoms with E-state index >= 15 is 0 Å². The van der Waals surface area contributed by atoms with E-state index in [0.717, 1.165) is 6.42 Å². The molecule has 0 saturated heterocycles. The lowest BCUT2D eigenvalue weighted by atomic mass is 9.87. The molecule has 2 heteroatoms. The first-order valence-electron chi connectivity index (χ1n) is 5.55. The summed E-state index contributed by atoms with van der Waals surface area (Å²) in [6.45, 7) is 7.96. The third kappa shape index (κ3) is 3.44. The maximum absolute atomic E-state index is 12.0. The topological polar surface area (TPSA) is 17.1 Å². The molecule has 0 aliphatic carbocycles. The van der Waals surface area contributed by atoms with Crippen molar-refractivity contribution in [2.45, 2.75) is 38.9 Å². The van der Waals surface area contributed by atoms with Crippen LogP contribution < -0.4 is 0 Å². The molecule has 0 aliphatic heterocycles. The highest BCUT2D eigenvalue weighted by Crippen LogP contribution is 2.24. The third-order valence-electron chi connectivity index (χ3n) is 2.68. The van der Waals surface area contributed by atoms with Crippen LogP contribution in [0.25, 0.3) is 0 Å². The first-order chi connectivity index (χ1) is 7.32. The Kier molecular flexibility index (Phi) is 4.31. The molecule has 1 atom stereocenters. The van der Waals surface area contributed by atoms with Gasteiger partial charge in [0, 0.05) is 5.41 Å². The van der Waals surface area contributed by atoms with E-state index in [1.165, 1.54) is 11.1 Å². The summed E-state index contributed by atoms with van der Waals surface area (Å²) in [6, 6.07) is 8.20. The summed E-state index contributed by atoms with van der Waals surface area (Å²) >= 11 is 3.50. The molecule has 0 N–H and O–H groups in total. The molecule has 0 fully saturated rings. The van der Waals surface area contributed by atoms with Crippen molar-refractivity contribution < 1.29 is 4.79 Å². The predicted molar refractivity (Wildman–Crippen MR) is 72.1 cm³/mol. The van der Waals surface area contributed by atoms with Gasteiger partial charge >= 0.3 is 0 Å². The van der Waals surface area contributed by atoms with Crippen molar-refractivity contribution in [2.75, 3.05) is 0 Å². The van der Waals surface area contributed by atoms with Crippen LogP contribution in [0.3, 0.4) is 0 Å². The number of hydrogen-bond donors (Lipinski definition) is 0. The molecule has 0 spiro atoms. The molecule has 88 valence electrons. The lowest BCUT2D eigenvalue weighted by molar-refractivity contribution is -0.125. The Labute approximate surface area is 106 Å². The zero-order valence-corrected chi connectivity index (χ0v) is 12.0. The van der Waals surface area contributed by atoms with Gasteiger partial charge in [-0.1, -0.05) is 61.0 Å². The number of alkyl halides is 1. The first kappa shape index (κ1) is 13.4. The zero-order chi connectivity index (χ0) is 12.3. The second-order valence-corrected chi connectivity index (χ2v) is 6.32. The molecule has 1 unspecified atom stereocenters. The molecule has 0 bridgehead atoms. The molecule has 1 rings (SSSR count). The van der Waals surface area contributed by atoms with Crippen LogP contribution >= 0.6 is 15.9 Å². The maximum Gasteiger partial charge on any atom is 0.152 e. The molecule has 0 radical (unpaired) electrons. The first-order valence-corrected chi connectivity index (χ1v) is 6.47. The smallest absolute Gasteiger partial charge is 0.152 e. The van der Waals surface area contributed by atoms with E-state index in [9.17, 15) is 4.79 Å². The van der Waals surface area contributed by atoms with Crippen LogP contribution in [0.5, 0.6) is 0 Å². The summed E-state index contributed by atoms with van der Waals surface area (Å²) in [5.41, 5.74) is 2.20. The third-order valence-corrected chi connectivity index (χ3v) is 3.42. The van der Waals surface area contributed by atoms with Gasteiger partial charge in [-0.15, -0.1) is 0 Å². The highest BCUT2D eigenvalue weighted by Gasteiger charge is 2.27. The summed E-state index contributed by atoms with van der Waals surface area (Å²) in [5.74, 6) is 0.260. The summed E-state index contributed by atoms with van der Waals surface area (Å²) < 4.78 is 0. The van der Waals surface area contributed by atoms with Crippen LogP contribution in [-0.2, 0) is 11.2 Å². The Morgan fingerprint density at radius 2 is 1.88 bits per heavy atom. The van der Waals surface area contributed by atoms with Gasteiger partial charge in [0.15, 0.2) is 5.78 Å². The van der Waals surface area contributed by atoms with Gasteiger partial charge in [-0.05, 0) is 24.5 Å². The monoisotopic (exact) mass is 282 g/mol. The number of aryl methyl sites for hydroxylation is 1. The van der Waals surface area contributed by atoms with Crippen molar-refractivity contribution in [1.82, 2.24) is 0 Å². The molecule has 0 saturated carbocycles. The molecular weight excluding hydrogens is 264 g/mol. The second-order valence-electron chi connectivity index (χ2n) is 5.21. The van der Waals surface area contributed by atoms with Crippen molar-refractivity contribution in [3.8, 4) is 0 Å². The second kappa shape index (κ2) is 5.13. The van der Waals surface area contributed by atoms with E-state index < -0.39 is 0 Å². The Morgan fingerprint density at radius 1 is 1.31 bits per heavy atom. The Hall–Kier alpha value is -0.630. The Bertz CT molecular complexity index is 377. The summed E-state index contributed by atoms with van der Waals surface area (Å²) in [4.78, 5) is 11.9. The van der Waals surface area contributed by atoms with Crippen LogP contribution in [0, 0.1) is 12.3 Å². The van der Waals surface area contributed by atoms with Crippen molar-refractivity contribution >= 4 is 21.7 Å². The SMILES string of the molecule is Cc1ccccc1CC(Br)C(=O)C(C)(C)C.